The number of rotatable bonds is 9. The van der Waals surface area contributed by atoms with E-state index in [2.05, 4.69) is 5.32 Å². The Kier molecular flexibility index (Phi) is 5.36. The van der Waals surface area contributed by atoms with E-state index in [0.29, 0.717) is 19.3 Å². The van der Waals surface area contributed by atoms with Crippen molar-refractivity contribution in [2.24, 2.45) is 0 Å². The molecule has 0 amide bonds. The van der Waals surface area contributed by atoms with Crippen LogP contribution in [0.5, 0.6) is 0 Å². The number of carboxylic acid groups (broad SMARTS) is 1. The van der Waals surface area contributed by atoms with Crippen LogP contribution in [0.25, 0.3) is 0 Å². The fourth-order valence-electron chi connectivity index (χ4n) is 1.48. The zero-order chi connectivity index (χ0) is 12.9. The van der Waals surface area contributed by atoms with Crippen molar-refractivity contribution in [3.05, 3.63) is 0 Å². The van der Waals surface area contributed by atoms with E-state index in [4.69, 9.17) is 9.47 Å². The van der Waals surface area contributed by atoms with Crippen LogP contribution in [0.3, 0.4) is 0 Å². The first-order valence-electron chi connectivity index (χ1n) is 6.18. The van der Waals surface area contributed by atoms with Gasteiger partial charge in [-0.05, 0) is 33.6 Å². The molecule has 1 aliphatic rings. The van der Waals surface area contributed by atoms with Crippen LogP contribution in [-0.4, -0.2) is 48.6 Å². The molecule has 0 aromatic rings. The van der Waals surface area contributed by atoms with Gasteiger partial charge in [-0.2, -0.15) is 0 Å². The maximum Gasteiger partial charge on any atom is 0.326 e. The highest BCUT2D eigenvalue weighted by Gasteiger charge is 2.39. The van der Waals surface area contributed by atoms with E-state index in [0.717, 1.165) is 12.8 Å². The second-order valence-electron chi connectivity index (χ2n) is 4.84. The van der Waals surface area contributed by atoms with Crippen LogP contribution >= 0.6 is 0 Å². The standard InChI is InChI=1S/C12H23NO4/c1-4-16-7-9(2)17-8-12(3,11(14)15)13-10-5-6-10/h9-10,13H,4-8H2,1-3H3,(H,14,15). The Morgan fingerprint density at radius 3 is 2.71 bits per heavy atom. The fraction of sp³-hybridized carbons (Fsp3) is 0.917. The first kappa shape index (κ1) is 14.4. The van der Waals surface area contributed by atoms with Gasteiger partial charge in [-0.1, -0.05) is 0 Å². The zero-order valence-electron chi connectivity index (χ0n) is 10.9. The molecule has 5 heteroatoms. The molecule has 2 unspecified atom stereocenters. The van der Waals surface area contributed by atoms with E-state index in [-0.39, 0.29) is 12.7 Å². The maximum atomic E-state index is 11.2. The van der Waals surface area contributed by atoms with E-state index in [1.807, 2.05) is 13.8 Å². The highest BCUT2D eigenvalue weighted by molar-refractivity contribution is 5.78. The number of hydrogen-bond acceptors (Lipinski definition) is 4. The summed E-state index contributed by atoms with van der Waals surface area (Å²) in [4.78, 5) is 11.2. The molecule has 0 saturated heterocycles. The van der Waals surface area contributed by atoms with E-state index in [1.165, 1.54) is 0 Å². The van der Waals surface area contributed by atoms with Crippen molar-refractivity contribution >= 4 is 5.97 Å². The molecule has 1 fully saturated rings. The number of hydrogen-bond donors (Lipinski definition) is 2. The molecule has 0 aliphatic heterocycles. The molecule has 2 atom stereocenters. The topological polar surface area (TPSA) is 67.8 Å². The molecule has 0 spiro atoms. The van der Waals surface area contributed by atoms with Crippen LogP contribution in [0, 0.1) is 0 Å². The monoisotopic (exact) mass is 245 g/mol. The van der Waals surface area contributed by atoms with Crippen LogP contribution < -0.4 is 5.32 Å². The SMILES string of the molecule is CCOCC(C)OCC(C)(NC1CC1)C(=O)O. The van der Waals surface area contributed by atoms with Gasteiger partial charge in [0.25, 0.3) is 0 Å². The van der Waals surface area contributed by atoms with Gasteiger partial charge in [0.2, 0.25) is 0 Å². The average Bonchev–Trinajstić information content (AvgIpc) is 3.07. The Hall–Kier alpha value is -0.650. The first-order chi connectivity index (χ1) is 7.98. The molecular formula is C12H23NO4. The number of nitrogens with one attached hydrogen (secondary N) is 1. The number of carbonyl (C=O) groups is 1. The van der Waals surface area contributed by atoms with Gasteiger partial charge in [0.1, 0.15) is 5.54 Å². The lowest BCUT2D eigenvalue weighted by atomic mass is 10.0. The van der Waals surface area contributed by atoms with Gasteiger partial charge in [0, 0.05) is 12.6 Å². The van der Waals surface area contributed by atoms with Gasteiger partial charge in [0.15, 0.2) is 0 Å². The molecule has 1 aliphatic carbocycles. The summed E-state index contributed by atoms with van der Waals surface area (Å²) in [6.45, 7) is 6.77. The fourth-order valence-corrected chi connectivity index (χ4v) is 1.48. The summed E-state index contributed by atoms with van der Waals surface area (Å²) < 4.78 is 10.8. The smallest absolute Gasteiger partial charge is 0.326 e. The highest BCUT2D eigenvalue weighted by Crippen LogP contribution is 2.23. The second kappa shape index (κ2) is 6.33. The molecule has 5 nitrogen and oxygen atoms in total. The number of ether oxygens (including phenoxy) is 2. The molecule has 0 radical (unpaired) electrons. The molecule has 0 aromatic heterocycles. The summed E-state index contributed by atoms with van der Waals surface area (Å²) in [7, 11) is 0. The largest absolute Gasteiger partial charge is 0.480 e. The Bertz CT molecular complexity index is 255. The molecule has 17 heavy (non-hydrogen) atoms. The molecule has 0 heterocycles. The second-order valence-corrected chi connectivity index (χ2v) is 4.84. The summed E-state index contributed by atoms with van der Waals surface area (Å²) in [5.74, 6) is -0.868. The Balaban J connectivity index is 2.35. The summed E-state index contributed by atoms with van der Waals surface area (Å²) in [6, 6.07) is 0.335. The van der Waals surface area contributed by atoms with Crippen molar-refractivity contribution in [2.75, 3.05) is 19.8 Å². The third kappa shape index (κ3) is 5.02. The van der Waals surface area contributed by atoms with E-state index >= 15 is 0 Å². The molecule has 0 bridgehead atoms. The lowest BCUT2D eigenvalue weighted by Gasteiger charge is -2.27. The van der Waals surface area contributed by atoms with Crippen LogP contribution in [-0.2, 0) is 14.3 Å². The summed E-state index contributed by atoms with van der Waals surface area (Å²) in [5, 5.41) is 12.3. The van der Waals surface area contributed by atoms with Gasteiger partial charge in [-0.25, -0.2) is 0 Å². The van der Waals surface area contributed by atoms with Crippen LogP contribution in [0.4, 0.5) is 0 Å². The van der Waals surface area contributed by atoms with Crippen molar-refractivity contribution in [3.63, 3.8) is 0 Å². The van der Waals surface area contributed by atoms with Gasteiger partial charge in [-0.3, -0.25) is 10.1 Å². The predicted octanol–water partition coefficient (Wildman–Crippen LogP) is 1.02. The molecular weight excluding hydrogens is 222 g/mol. The lowest BCUT2D eigenvalue weighted by molar-refractivity contribution is -0.148. The molecule has 2 N–H and O–H groups in total. The highest BCUT2D eigenvalue weighted by atomic mass is 16.5. The van der Waals surface area contributed by atoms with Gasteiger partial charge in [0.05, 0.1) is 19.3 Å². The van der Waals surface area contributed by atoms with Crippen molar-refractivity contribution in [3.8, 4) is 0 Å². The molecule has 0 aromatic carbocycles. The molecule has 1 rings (SSSR count). The molecule has 1 saturated carbocycles. The van der Waals surface area contributed by atoms with Crippen LogP contribution in [0.15, 0.2) is 0 Å². The minimum atomic E-state index is -0.998. The van der Waals surface area contributed by atoms with Crippen molar-refractivity contribution in [1.29, 1.82) is 0 Å². The minimum absolute atomic E-state index is 0.0883. The van der Waals surface area contributed by atoms with Gasteiger partial charge >= 0.3 is 5.97 Å². The Labute approximate surface area is 102 Å². The summed E-state index contributed by atoms with van der Waals surface area (Å²) in [6.07, 6.45) is 2.02. The summed E-state index contributed by atoms with van der Waals surface area (Å²) in [5.41, 5.74) is -0.998. The van der Waals surface area contributed by atoms with E-state index in [1.54, 1.807) is 6.92 Å². The van der Waals surface area contributed by atoms with Crippen molar-refractivity contribution in [2.45, 2.75) is 51.3 Å². The third-order valence-electron chi connectivity index (χ3n) is 2.79. The van der Waals surface area contributed by atoms with Crippen molar-refractivity contribution < 1.29 is 19.4 Å². The van der Waals surface area contributed by atoms with Crippen molar-refractivity contribution in [1.82, 2.24) is 5.32 Å². The van der Waals surface area contributed by atoms with Crippen LogP contribution in [0.2, 0.25) is 0 Å². The normalized spacial score (nSPS) is 20.9. The van der Waals surface area contributed by atoms with Gasteiger partial charge < -0.3 is 14.6 Å². The number of aliphatic carboxylic acids is 1. The average molecular weight is 245 g/mol. The minimum Gasteiger partial charge on any atom is -0.480 e. The van der Waals surface area contributed by atoms with Gasteiger partial charge in [-0.15, -0.1) is 0 Å². The Morgan fingerprint density at radius 2 is 2.24 bits per heavy atom. The van der Waals surface area contributed by atoms with E-state index < -0.39 is 11.5 Å². The lowest BCUT2D eigenvalue weighted by Crippen LogP contribution is -2.54. The maximum absolute atomic E-state index is 11.2. The summed E-state index contributed by atoms with van der Waals surface area (Å²) >= 11 is 0. The van der Waals surface area contributed by atoms with E-state index in [9.17, 15) is 9.90 Å². The quantitative estimate of drug-likeness (QED) is 0.635. The number of carboxylic acids is 1. The zero-order valence-corrected chi connectivity index (χ0v) is 10.9. The third-order valence-corrected chi connectivity index (χ3v) is 2.79. The predicted molar refractivity (Wildman–Crippen MR) is 64.1 cm³/mol. The Morgan fingerprint density at radius 1 is 1.59 bits per heavy atom. The molecule has 100 valence electrons. The first-order valence-corrected chi connectivity index (χ1v) is 6.18. The van der Waals surface area contributed by atoms with Crippen LogP contribution in [0.1, 0.15) is 33.6 Å².